The Kier molecular flexibility index (Phi) is 4.72. The van der Waals surface area contributed by atoms with Crippen LogP contribution in [0.3, 0.4) is 0 Å². The minimum absolute atomic E-state index is 0.0518. The predicted octanol–water partition coefficient (Wildman–Crippen LogP) is 3.44. The smallest absolute Gasteiger partial charge is 0.382 e. The summed E-state index contributed by atoms with van der Waals surface area (Å²) in [5, 5.41) is 8.64. The Labute approximate surface area is 151 Å². The Morgan fingerprint density at radius 2 is 2.16 bits per heavy atom. The van der Waals surface area contributed by atoms with Gasteiger partial charge in [0, 0.05) is 38.7 Å². The summed E-state index contributed by atoms with van der Waals surface area (Å²) in [6.45, 7) is 0.424. The summed E-state index contributed by atoms with van der Waals surface area (Å²) in [6.07, 6.45) is -3.32. The molecule has 1 amide bonds. The number of alkyl halides is 3. The van der Waals surface area contributed by atoms with Crippen LogP contribution in [-0.4, -0.2) is 40.7 Å². The van der Waals surface area contributed by atoms with Crippen LogP contribution in [0.1, 0.15) is 17.2 Å². The third-order valence-electron chi connectivity index (χ3n) is 4.42. The molecule has 0 aliphatic carbocycles. The van der Waals surface area contributed by atoms with Crippen molar-refractivity contribution in [3.63, 3.8) is 0 Å². The number of hydrogen-bond acceptors (Lipinski definition) is 4. The maximum absolute atomic E-state index is 13.4. The van der Waals surface area contributed by atoms with E-state index in [9.17, 15) is 18.0 Å². The number of anilines is 1. The molecule has 1 aliphatic rings. The van der Waals surface area contributed by atoms with Crippen LogP contribution in [0.2, 0.25) is 4.34 Å². The van der Waals surface area contributed by atoms with E-state index >= 15 is 0 Å². The van der Waals surface area contributed by atoms with Crippen molar-refractivity contribution in [1.82, 2.24) is 14.7 Å². The fourth-order valence-electron chi connectivity index (χ4n) is 3.22. The Morgan fingerprint density at radius 1 is 1.44 bits per heavy atom. The van der Waals surface area contributed by atoms with Crippen LogP contribution in [0.15, 0.2) is 17.6 Å². The van der Waals surface area contributed by atoms with Crippen molar-refractivity contribution in [3.05, 3.63) is 33.2 Å². The number of thiophene rings is 1. The molecule has 3 rings (SSSR count). The predicted molar refractivity (Wildman–Crippen MR) is 89.9 cm³/mol. The SMILES string of the molecule is CN1C[C@H](c2cnn(C)c2C(F)(F)F)[C@@H](CNc2ccsc2Cl)C1=O. The van der Waals surface area contributed by atoms with Crippen LogP contribution in [0.5, 0.6) is 0 Å². The first-order valence-electron chi connectivity index (χ1n) is 7.51. The Hall–Kier alpha value is -1.74. The maximum Gasteiger partial charge on any atom is 0.433 e. The summed E-state index contributed by atoms with van der Waals surface area (Å²) < 4.78 is 41.5. The Balaban J connectivity index is 1.89. The van der Waals surface area contributed by atoms with Crippen LogP contribution in [0.25, 0.3) is 0 Å². The molecule has 1 saturated heterocycles. The Bertz CT molecular complexity index is 788. The zero-order valence-corrected chi connectivity index (χ0v) is 15.0. The summed E-state index contributed by atoms with van der Waals surface area (Å²) in [5.41, 5.74) is -0.0786. The van der Waals surface area contributed by atoms with Gasteiger partial charge in [0.25, 0.3) is 0 Å². The van der Waals surface area contributed by atoms with Gasteiger partial charge in [-0.2, -0.15) is 18.3 Å². The van der Waals surface area contributed by atoms with Crippen molar-refractivity contribution >= 4 is 34.5 Å². The number of nitrogens with one attached hydrogen (secondary N) is 1. The lowest BCUT2D eigenvalue weighted by Gasteiger charge is -2.19. The molecule has 2 atom stereocenters. The van der Waals surface area contributed by atoms with E-state index in [-0.39, 0.29) is 24.6 Å². The quantitative estimate of drug-likeness (QED) is 0.867. The number of hydrogen-bond donors (Lipinski definition) is 1. The zero-order valence-electron chi connectivity index (χ0n) is 13.5. The van der Waals surface area contributed by atoms with Crippen molar-refractivity contribution in [2.75, 3.05) is 25.5 Å². The van der Waals surface area contributed by atoms with E-state index in [1.165, 1.54) is 29.5 Å². The molecule has 0 aromatic carbocycles. The number of rotatable bonds is 4. The lowest BCUT2D eigenvalue weighted by Crippen LogP contribution is -2.28. The highest BCUT2D eigenvalue weighted by atomic mass is 35.5. The number of likely N-dealkylation sites (N-methyl/N-ethyl adjacent to an activating group) is 1. The summed E-state index contributed by atoms with van der Waals surface area (Å²) in [5.74, 6) is -1.40. The molecule has 0 saturated carbocycles. The molecule has 0 unspecified atom stereocenters. The van der Waals surface area contributed by atoms with Gasteiger partial charge in [-0.25, -0.2) is 0 Å². The van der Waals surface area contributed by atoms with Gasteiger partial charge in [0.2, 0.25) is 5.91 Å². The molecule has 3 heterocycles. The topological polar surface area (TPSA) is 50.2 Å². The van der Waals surface area contributed by atoms with Crippen molar-refractivity contribution in [2.24, 2.45) is 13.0 Å². The fraction of sp³-hybridized carbons (Fsp3) is 0.467. The standard InChI is InChI=1S/C15H16ClF3N4OS/c1-22-7-10(8-6-21-23(2)12(8)15(17,18)19)9(14(22)24)5-20-11-3-4-25-13(11)16/h3-4,6,9-10,20H,5,7H2,1-2H3/t9-,10-/m1/s1. The second-order valence-electron chi connectivity index (χ2n) is 5.99. The van der Waals surface area contributed by atoms with Crippen molar-refractivity contribution < 1.29 is 18.0 Å². The van der Waals surface area contributed by atoms with E-state index < -0.39 is 23.7 Å². The molecule has 136 valence electrons. The van der Waals surface area contributed by atoms with Crippen LogP contribution >= 0.6 is 22.9 Å². The first kappa shape index (κ1) is 18.1. The highest BCUT2D eigenvalue weighted by molar-refractivity contribution is 7.15. The zero-order chi connectivity index (χ0) is 18.4. The van der Waals surface area contributed by atoms with Gasteiger partial charge in [0.1, 0.15) is 10.0 Å². The van der Waals surface area contributed by atoms with Crippen LogP contribution in [-0.2, 0) is 18.0 Å². The lowest BCUT2D eigenvalue weighted by atomic mass is 9.88. The van der Waals surface area contributed by atoms with E-state index in [0.29, 0.717) is 10.0 Å². The molecule has 2 aromatic rings. The first-order valence-corrected chi connectivity index (χ1v) is 8.76. The maximum atomic E-state index is 13.4. The van der Waals surface area contributed by atoms with Crippen molar-refractivity contribution in [2.45, 2.75) is 12.1 Å². The van der Waals surface area contributed by atoms with Crippen molar-refractivity contribution in [1.29, 1.82) is 0 Å². The Morgan fingerprint density at radius 3 is 2.76 bits per heavy atom. The van der Waals surface area contributed by atoms with Gasteiger partial charge in [-0.3, -0.25) is 9.48 Å². The minimum atomic E-state index is -4.53. The second-order valence-corrected chi connectivity index (χ2v) is 7.51. The van der Waals surface area contributed by atoms with Gasteiger partial charge in [0.15, 0.2) is 0 Å². The van der Waals surface area contributed by atoms with Gasteiger partial charge < -0.3 is 10.2 Å². The van der Waals surface area contributed by atoms with E-state index in [2.05, 4.69) is 10.4 Å². The highest BCUT2D eigenvalue weighted by Crippen LogP contribution is 2.41. The molecule has 5 nitrogen and oxygen atoms in total. The molecule has 1 aliphatic heterocycles. The number of amides is 1. The third-order valence-corrected chi connectivity index (χ3v) is 5.59. The van der Waals surface area contributed by atoms with Crippen LogP contribution in [0.4, 0.5) is 18.9 Å². The molecule has 2 aromatic heterocycles. The molecule has 25 heavy (non-hydrogen) atoms. The summed E-state index contributed by atoms with van der Waals surface area (Å²) in [7, 11) is 2.85. The average Bonchev–Trinajstić information content (AvgIpc) is 3.17. The molecule has 0 spiro atoms. The average molecular weight is 393 g/mol. The van der Waals surface area contributed by atoms with E-state index in [0.717, 1.165) is 4.68 Å². The molecule has 1 N–H and O–H groups in total. The highest BCUT2D eigenvalue weighted by Gasteiger charge is 2.46. The lowest BCUT2D eigenvalue weighted by molar-refractivity contribution is -0.144. The van der Waals surface area contributed by atoms with Crippen molar-refractivity contribution in [3.8, 4) is 0 Å². The van der Waals surface area contributed by atoms with Gasteiger partial charge in [-0.1, -0.05) is 11.6 Å². The van der Waals surface area contributed by atoms with Gasteiger partial charge in [0.05, 0.1) is 17.8 Å². The van der Waals surface area contributed by atoms with Gasteiger partial charge in [-0.15, -0.1) is 11.3 Å². The largest absolute Gasteiger partial charge is 0.433 e. The summed E-state index contributed by atoms with van der Waals surface area (Å²) in [4.78, 5) is 13.9. The summed E-state index contributed by atoms with van der Waals surface area (Å²) in [6, 6.07) is 1.77. The van der Waals surface area contributed by atoms with Gasteiger partial charge in [-0.05, 0) is 11.4 Å². The third kappa shape index (κ3) is 3.35. The minimum Gasteiger partial charge on any atom is -0.382 e. The first-order chi connectivity index (χ1) is 11.7. The van der Waals surface area contributed by atoms with E-state index in [1.54, 1.807) is 18.5 Å². The number of aryl methyl sites for hydroxylation is 1. The van der Waals surface area contributed by atoms with Crippen LogP contribution in [0, 0.1) is 5.92 Å². The normalized spacial score (nSPS) is 21.2. The number of carbonyl (C=O) groups excluding carboxylic acids is 1. The molecule has 10 heteroatoms. The molecule has 0 bridgehead atoms. The molecular formula is C15H16ClF3N4OS. The summed E-state index contributed by atoms with van der Waals surface area (Å²) >= 11 is 7.37. The monoisotopic (exact) mass is 392 g/mol. The van der Waals surface area contributed by atoms with Crippen LogP contribution < -0.4 is 5.32 Å². The van der Waals surface area contributed by atoms with E-state index in [4.69, 9.17) is 11.6 Å². The number of nitrogens with zero attached hydrogens (tertiary/aromatic N) is 3. The number of halogens is 4. The van der Waals surface area contributed by atoms with E-state index in [1.807, 2.05) is 0 Å². The molecular weight excluding hydrogens is 377 g/mol. The number of aromatic nitrogens is 2. The number of carbonyl (C=O) groups is 1. The van der Waals surface area contributed by atoms with Gasteiger partial charge >= 0.3 is 6.18 Å². The number of likely N-dealkylation sites (tertiary alicyclic amines) is 1. The molecule has 0 radical (unpaired) electrons. The molecule has 1 fully saturated rings. The second kappa shape index (κ2) is 6.53. The fourth-order valence-corrected chi connectivity index (χ4v) is 4.10.